The molecule has 0 saturated heterocycles. The fourth-order valence-electron chi connectivity index (χ4n) is 3.91. The Morgan fingerprint density at radius 1 is 1.14 bits per heavy atom. The molecule has 11 heteroatoms. The number of pyridine rings is 1. The molecule has 0 bridgehead atoms. The maximum Gasteiger partial charge on any atom is 0.336 e. The zero-order valence-corrected chi connectivity index (χ0v) is 21.0. The largest absolute Gasteiger partial charge is 0.466 e. The average Bonchev–Trinajstić information content (AvgIpc) is 2.86. The van der Waals surface area contributed by atoms with Gasteiger partial charge in [0.1, 0.15) is 0 Å². The number of esters is 2. The number of methoxy groups -OCH3 is 1. The molecule has 1 aliphatic heterocycles. The van der Waals surface area contributed by atoms with E-state index in [-0.39, 0.29) is 42.5 Å². The highest BCUT2D eigenvalue weighted by Gasteiger charge is 2.39. The Morgan fingerprint density at radius 3 is 2.50 bits per heavy atom. The topological polar surface area (TPSA) is 130 Å². The number of dihydropyridines is 1. The second-order valence-electron chi connectivity index (χ2n) is 7.71. The van der Waals surface area contributed by atoms with E-state index in [2.05, 4.69) is 10.3 Å². The minimum Gasteiger partial charge on any atom is -0.466 e. The van der Waals surface area contributed by atoms with Gasteiger partial charge in [0.25, 0.3) is 5.69 Å². The fourth-order valence-corrected chi connectivity index (χ4v) is 3.91. The van der Waals surface area contributed by atoms with Crippen LogP contribution in [0, 0.1) is 10.1 Å². The number of halogens is 1. The molecule has 0 fully saturated rings. The highest BCUT2D eigenvalue weighted by Crippen LogP contribution is 2.40. The molecular formula is C25H28ClN3O7. The number of allylic oxidation sites excluding steroid dienone is 1. The number of nitrogens with one attached hydrogen (secondary N) is 1. The van der Waals surface area contributed by atoms with E-state index in [0.717, 1.165) is 5.56 Å². The van der Waals surface area contributed by atoms with Gasteiger partial charge in [-0.3, -0.25) is 15.1 Å². The van der Waals surface area contributed by atoms with Gasteiger partial charge in [-0.15, -0.1) is 12.4 Å². The molecule has 192 valence electrons. The van der Waals surface area contributed by atoms with Crippen LogP contribution in [0.5, 0.6) is 0 Å². The van der Waals surface area contributed by atoms with Crippen LogP contribution in [0.4, 0.5) is 5.69 Å². The minimum atomic E-state index is -0.943. The van der Waals surface area contributed by atoms with E-state index in [9.17, 15) is 19.7 Å². The van der Waals surface area contributed by atoms with Gasteiger partial charge >= 0.3 is 11.9 Å². The number of carbonyl (C=O) groups is 2. The number of hydrogen-bond acceptors (Lipinski definition) is 9. The molecule has 0 radical (unpaired) electrons. The number of nitrogens with zero attached hydrogens (tertiary/aromatic N) is 2. The van der Waals surface area contributed by atoms with E-state index in [0.29, 0.717) is 30.0 Å². The van der Waals surface area contributed by atoms with Gasteiger partial charge in [0.05, 0.1) is 54.6 Å². The van der Waals surface area contributed by atoms with E-state index in [1.165, 1.54) is 25.3 Å². The number of ether oxygens (including phenoxy) is 3. The number of non-ortho nitro benzene ring substituents is 1. The molecule has 3 rings (SSSR count). The first-order chi connectivity index (χ1) is 16.9. The second kappa shape index (κ2) is 13.4. The monoisotopic (exact) mass is 517 g/mol. The molecule has 0 spiro atoms. The van der Waals surface area contributed by atoms with E-state index in [4.69, 9.17) is 14.2 Å². The van der Waals surface area contributed by atoms with E-state index in [1.54, 1.807) is 32.3 Å². The van der Waals surface area contributed by atoms with Crippen molar-refractivity contribution in [3.63, 3.8) is 0 Å². The summed E-state index contributed by atoms with van der Waals surface area (Å²) >= 11 is 0. The van der Waals surface area contributed by atoms with Crippen molar-refractivity contribution in [2.45, 2.75) is 26.2 Å². The van der Waals surface area contributed by atoms with Crippen molar-refractivity contribution in [3.05, 3.63) is 92.6 Å². The normalized spacial score (nSPS) is 15.0. The van der Waals surface area contributed by atoms with Crippen molar-refractivity contribution >= 4 is 30.0 Å². The maximum absolute atomic E-state index is 13.1. The summed E-state index contributed by atoms with van der Waals surface area (Å²) in [6, 6.07) is 9.59. The predicted molar refractivity (Wildman–Crippen MR) is 133 cm³/mol. The third-order valence-electron chi connectivity index (χ3n) is 5.49. The molecule has 1 unspecified atom stereocenters. The molecule has 2 aromatic rings. The Hall–Kier alpha value is -3.76. The summed E-state index contributed by atoms with van der Waals surface area (Å²) in [4.78, 5) is 40.8. The van der Waals surface area contributed by atoms with Crippen LogP contribution in [0.15, 0.2) is 71.3 Å². The van der Waals surface area contributed by atoms with Gasteiger partial charge in [0.15, 0.2) is 0 Å². The first kappa shape index (κ1) is 28.5. The van der Waals surface area contributed by atoms with Crippen LogP contribution in [-0.2, 0) is 30.2 Å². The summed E-state index contributed by atoms with van der Waals surface area (Å²) in [6.45, 7) is 3.87. The number of rotatable bonds is 10. The van der Waals surface area contributed by atoms with Crippen LogP contribution in [-0.4, -0.2) is 48.8 Å². The molecule has 1 aromatic carbocycles. The zero-order valence-electron chi connectivity index (χ0n) is 20.2. The lowest BCUT2D eigenvalue weighted by atomic mass is 9.80. The molecule has 0 aliphatic carbocycles. The summed E-state index contributed by atoms with van der Waals surface area (Å²) in [6.07, 6.45) is 4.04. The molecule has 0 saturated carbocycles. The number of hydrogen-bond donors (Lipinski definition) is 1. The van der Waals surface area contributed by atoms with Gasteiger partial charge < -0.3 is 19.5 Å². The summed E-state index contributed by atoms with van der Waals surface area (Å²) in [5.41, 5.74) is 2.45. The Kier molecular flexibility index (Phi) is 10.6. The lowest BCUT2D eigenvalue weighted by Crippen LogP contribution is -2.34. The maximum atomic E-state index is 13.1. The van der Waals surface area contributed by atoms with Gasteiger partial charge in [-0.05, 0) is 43.5 Å². The Labute approximate surface area is 214 Å². The third kappa shape index (κ3) is 6.67. The van der Waals surface area contributed by atoms with Crippen molar-refractivity contribution in [2.75, 3.05) is 26.9 Å². The van der Waals surface area contributed by atoms with Gasteiger partial charge in [-0.2, -0.15) is 0 Å². The molecule has 1 atom stereocenters. The molecular weight excluding hydrogens is 490 g/mol. The van der Waals surface area contributed by atoms with Crippen LogP contribution in [0.3, 0.4) is 0 Å². The smallest absolute Gasteiger partial charge is 0.336 e. The van der Waals surface area contributed by atoms with Crippen molar-refractivity contribution in [2.24, 2.45) is 0 Å². The lowest BCUT2D eigenvalue weighted by Gasteiger charge is -2.31. The van der Waals surface area contributed by atoms with Crippen molar-refractivity contribution in [3.8, 4) is 0 Å². The van der Waals surface area contributed by atoms with Gasteiger partial charge in [-0.25, -0.2) is 9.59 Å². The molecule has 36 heavy (non-hydrogen) atoms. The molecule has 1 aromatic heterocycles. The van der Waals surface area contributed by atoms with E-state index >= 15 is 0 Å². The Balaban J connectivity index is 0.00000456. The summed E-state index contributed by atoms with van der Waals surface area (Å²) in [5, 5.41) is 14.5. The summed E-state index contributed by atoms with van der Waals surface area (Å²) in [5.74, 6) is -2.26. The second-order valence-corrected chi connectivity index (χ2v) is 7.71. The van der Waals surface area contributed by atoms with E-state index < -0.39 is 22.8 Å². The predicted octanol–water partition coefficient (Wildman–Crippen LogP) is 3.62. The zero-order chi connectivity index (χ0) is 25.4. The van der Waals surface area contributed by atoms with Crippen LogP contribution in [0.25, 0.3) is 0 Å². The van der Waals surface area contributed by atoms with Crippen LogP contribution in [0.2, 0.25) is 0 Å². The highest BCUT2D eigenvalue weighted by molar-refractivity contribution is 6.00. The van der Waals surface area contributed by atoms with Crippen LogP contribution in [0.1, 0.15) is 30.9 Å². The number of carbonyl (C=O) groups excluding carboxylic acids is 2. The molecule has 2 heterocycles. The van der Waals surface area contributed by atoms with Crippen molar-refractivity contribution < 1.29 is 28.7 Å². The highest BCUT2D eigenvalue weighted by atomic mass is 35.5. The lowest BCUT2D eigenvalue weighted by molar-refractivity contribution is -0.384. The minimum absolute atomic E-state index is 0. The quantitative estimate of drug-likeness (QED) is 0.217. The molecule has 1 N–H and O–H groups in total. The van der Waals surface area contributed by atoms with Gasteiger partial charge in [-0.1, -0.05) is 12.1 Å². The summed E-state index contributed by atoms with van der Waals surface area (Å²) in [7, 11) is 1.23. The summed E-state index contributed by atoms with van der Waals surface area (Å²) < 4.78 is 16.1. The van der Waals surface area contributed by atoms with E-state index in [1.807, 2.05) is 12.1 Å². The van der Waals surface area contributed by atoms with Crippen LogP contribution < -0.4 is 5.32 Å². The first-order valence-corrected chi connectivity index (χ1v) is 11.0. The number of benzene rings is 1. The number of aromatic nitrogens is 1. The Morgan fingerprint density at radius 2 is 1.86 bits per heavy atom. The van der Waals surface area contributed by atoms with Crippen LogP contribution >= 0.6 is 12.4 Å². The van der Waals surface area contributed by atoms with Gasteiger partial charge in [0.2, 0.25) is 0 Å². The fraction of sp³-hybridized carbons (Fsp3) is 0.320. The van der Waals surface area contributed by atoms with Gasteiger partial charge in [0, 0.05) is 30.2 Å². The number of nitro benzene ring substituents is 1. The number of nitro groups is 1. The molecule has 0 amide bonds. The SMILES string of the molecule is CCOC(=O)C1=C(COCCc2ccncc2)NC(C)=C(C(=O)OC)C1c1cccc([N+](=O)[O-])c1.Cl. The standard InChI is InChI=1S/C25H27N3O7.ClH/c1-4-35-25(30)23-20(15-34-13-10-17-8-11-26-12-9-17)27-16(2)21(24(29)33-3)22(23)18-6-5-7-19(14-18)28(31)32;/h5-9,11-12,14,22,27H,4,10,13,15H2,1-3H3;1H. The Bertz CT molecular complexity index is 1170. The van der Waals surface area contributed by atoms with Crippen molar-refractivity contribution in [1.82, 2.24) is 10.3 Å². The first-order valence-electron chi connectivity index (χ1n) is 11.0. The molecule has 10 nitrogen and oxygen atoms in total. The molecule has 1 aliphatic rings. The van der Waals surface area contributed by atoms with Crippen molar-refractivity contribution in [1.29, 1.82) is 0 Å². The third-order valence-corrected chi connectivity index (χ3v) is 5.49. The average molecular weight is 518 g/mol.